The van der Waals surface area contributed by atoms with Crippen LogP contribution in [0.1, 0.15) is 59.8 Å². The summed E-state index contributed by atoms with van der Waals surface area (Å²) in [6.45, 7) is 9.13. The molecule has 21 heavy (non-hydrogen) atoms. The summed E-state index contributed by atoms with van der Waals surface area (Å²) in [5, 5.41) is 9.16. The standard InChI is InChI=1S/C16H32N2O3/c1-15(2,3)21-14(20)18-10-6-8-13(11-18)7-5-9-16(4,17)12-19/h13,19H,5-12,17H2,1-4H3. The van der Waals surface area contributed by atoms with Crippen LogP contribution in [0.3, 0.4) is 0 Å². The van der Waals surface area contributed by atoms with Crippen LogP contribution in [0, 0.1) is 5.92 Å². The fourth-order valence-corrected chi connectivity index (χ4v) is 2.67. The lowest BCUT2D eigenvalue weighted by atomic mass is 9.89. The Kier molecular flexibility index (Phi) is 6.47. The van der Waals surface area contributed by atoms with Crippen LogP contribution < -0.4 is 5.73 Å². The number of aliphatic hydroxyl groups is 1. The number of likely N-dealkylation sites (tertiary alicyclic amines) is 1. The molecule has 2 unspecified atom stereocenters. The highest BCUT2D eigenvalue weighted by molar-refractivity contribution is 5.68. The molecule has 0 saturated carbocycles. The van der Waals surface area contributed by atoms with E-state index in [-0.39, 0.29) is 12.7 Å². The summed E-state index contributed by atoms with van der Waals surface area (Å²) in [4.78, 5) is 13.9. The Hall–Kier alpha value is -0.810. The van der Waals surface area contributed by atoms with Crippen molar-refractivity contribution in [1.29, 1.82) is 0 Å². The number of rotatable bonds is 5. The first kappa shape index (κ1) is 18.2. The zero-order valence-corrected chi connectivity index (χ0v) is 14.0. The van der Waals surface area contributed by atoms with Gasteiger partial charge in [-0.25, -0.2) is 4.79 Å². The second-order valence-corrected chi connectivity index (χ2v) is 7.64. The maximum atomic E-state index is 12.1. The molecule has 0 spiro atoms. The SMILES string of the molecule is CC(N)(CO)CCCC1CCCN(C(=O)OC(C)(C)C)C1. The van der Waals surface area contributed by atoms with Crippen molar-refractivity contribution < 1.29 is 14.6 Å². The van der Waals surface area contributed by atoms with Gasteiger partial charge in [0.15, 0.2) is 0 Å². The summed E-state index contributed by atoms with van der Waals surface area (Å²) in [6.07, 6.45) is 4.83. The minimum Gasteiger partial charge on any atom is -0.444 e. The number of nitrogens with zero attached hydrogens (tertiary/aromatic N) is 1. The van der Waals surface area contributed by atoms with Gasteiger partial charge in [0.25, 0.3) is 0 Å². The zero-order chi connectivity index (χ0) is 16.1. The summed E-state index contributed by atoms with van der Waals surface area (Å²) in [7, 11) is 0. The summed E-state index contributed by atoms with van der Waals surface area (Å²) >= 11 is 0. The number of nitrogens with two attached hydrogens (primary N) is 1. The lowest BCUT2D eigenvalue weighted by Crippen LogP contribution is -2.43. The van der Waals surface area contributed by atoms with Crippen LogP contribution in [0.5, 0.6) is 0 Å². The highest BCUT2D eigenvalue weighted by Gasteiger charge is 2.27. The van der Waals surface area contributed by atoms with Gasteiger partial charge in [-0.3, -0.25) is 0 Å². The largest absolute Gasteiger partial charge is 0.444 e. The van der Waals surface area contributed by atoms with Crippen molar-refractivity contribution in [2.24, 2.45) is 11.7 Å². The normalized spacial score (nSPS) is 22.8. The molecular formula is C16H32N2O3. The fraction of sp³-hybridized carbons (Fsp3) is 0.938. The number of ether oxygens (including phenoxy) is 1. The van der Waals surface area contributed by atoms with E-state index in [1.165, 1.54) is 0 Å². The summed E-state index contributed by atoms with van der Waals surface area (Å²) < 4.78 is 5.44. The second kappa shape index (κ2) is 7.45. The summed E-state index contributed by atoms with van der Waals surface area (Å²) in [5.41, 5.74) is 5.02. The van der Waals surface area contributed by atoms with Gasteiger partial charge in [0, 0.05) is 18.6 Å². The Morgan fingerprint density at radius 3 is 2.62 bits per heavy atom. The van der Waals surface area contributed by atoms with Crippen molar-refractivity contribution in [3.05, 3.63) is 0 Å². The van der Waals surface area contributed by atoms with E-state index in [2.05, 4.69) is 0 Å². The van der Waals surface area contributed by atoms with Crippen molar-refractivity contribution in [2.75, 3.05) is 19.7 Å². The average molecular weight is 300 g/mol. The predicted molar refractivity (Wildman–Crippen MR) is 84.1 cm³/mol. The van der Waals surface area contributed by atoms with Gasteiger partial charge in [0.2, 0.25) is 0 Å². The summed E-state index contributed by atoms with van der Waals surface area (Å²) in [5.74, 6) is 0.515. The molecule has 3 N–H and O–H groups in total. The van der Waals surface area contributed by atoms with E-state index in [0.29, 0.717) is 5.92 Å². The third-order valence-corrected chi connectivity index (χ3v) is 3.89. The first-order valence-corrected chi connectivity index (χ1v) is 8.01. The van der Waals surface area contributed by atoms with Crippen LogP contribution >= 0.6 is 0 Å². The fourth-order valence-electron chi connectivity index (χ4n) is 2.67. The molecule has 1 rings (SSSR count). The number of hydrogen-bond donors (Lipinski definition) is 2. The molecule has 2 atom stereocenters. The minimum atomic E-state index is -0.487. The molecule has 1 fully saturated rings. The Morgan fingerprint density at radius 2 is 2.05 bits per heavy atom. The molecule has 5 heteroatoms. The molecule has 1 saturated heterocycles. The molecule has 1 amide bonds. The van der Waals surface area contributed by atoms with E-state index >= 15 is 0 Å². The lowest BCUT2D eigenvalue weighted by Gasteiger charge is -2.34. The number of hydrogen-bond acceptors (Lipinski definition) is 4. The van der Waals surface area contributed by atoms with E-state index in [1.807, 2.05) is 32.6 Å². The molecule has 0 aromatic heterocycles. The Balaban J connectivity index is 2.37. The van der Waals surface area contributed by atoms with Crippen molar-refractivity contribution in [3.63, 3.8) is 0 Å². The molecular weight excluding hydrogens is 268 g/mol. The van der Waals surface area contributed by atoms with Gasteiger partial charge in [-0.1, -0.05) is 6.42 Å². The number of carbonyl (C=O) groups is 1. The van der Waals surface area contributed by atoms with Crippen molar-refractivity contribution in [2.45, 2.75) is 70.9 Å². The van der Waals surface area contributed by atoms with Crippen LogP contribution in [-0.2, 0) is 4.74 Å². The maximum Gasteiger partial charge on any atom is 0.410 e. The van der Waals surface area contributed by atoms with Crippen LogP contribution in [-0.4, -0.2) is 46.9 Å². The van der Waals surface area contributed by atoms with Gasteiger partial charge in [-0.15, -0.1) is 0 Å². The Bertz CT molecular complexity index is 337. The first-order chi connectivity index (χ1) is 9.63. The molecule has 1 aliphatic heterocycles. The highest BCUT2D eigenvalue weighted by Crippen LogP contribution is 2.24. The molecule has 5 nitrogen and oxygen atoms in total. The number of amides is 1. The smallest absolute Gasteiger partial charge is 0.410 e. The maximum absolute atomic E-state index is 12.1. The molecule has 1 heterocycles. The predicted octanol–water partition coefficient (Wildman–Crippen LogP) is 2.51. The Labute approximate surface area is 128 Å². The Morgan fingerprint density at radius 1 is 1.38 bits per heavy atom. The van der Waals surface area contributed by atoms with Gasteiger partial charge in [-0.05, 0) is 59.3 Å². The van der Waals surface area contributed by atoms with E-state index in [0.717, 1.165) is 45.2 Å². The third-order valence-electron chi connectivity index (χ3n) is 3.89. The molecule has 124 valence electrons. The highest BCUT2D eigenvalue weighted by atomic mass is 16.6. The number of piperidine rings is 1. The van der Waals surface area contributed by atoms with Gasteiger partial charge in [0.05, 0.1) is 6.61 Å². The van der Waals surface area contributed by atoms with Gasteiger partial charge >= 0.3 is 6.09 Å². The van der Waals surface area contributed by atoms with Crippen molar-refractivity contribution in [3.8, 4) is 0 Å². The molecule has 0 aromatic carbocycles. The van der Waals surface area contributed by atoms with Crippen LogP contribution in [0.25, 0.3) is 0 Å². The quantitative estimate of drug-likeness (QED) is 0.818. The third kappa shape index (κ3) is 7.14. The molecule has 0 bridgehead atoms. The zero-order valence-electron chi connectivity index (χ0n) is 14.0. The molecule has 0 aromatic rings. The van der Waals surface area contributed by atoms with Crippen LogP contribution in [0.2, 0.25) is 0 Å². The minimum absolute atomic E-state index is 0.0156. The van der Waals surface area contributed by atoms with Gasteiger partial charge < -0.3 is 20.5 Å². The first-order valence-electron chi connectivity index (χ1n) is 8.01. The lowest BCUT2D eigenvalue weighted by molar-refractivity contribution is 0.0159. The van der Waals surface area contributed by atoms with Crippen molar-refractivity contribution in [1.82, 2.24) is 4.90 Å². The molecule has 1 aliphatic rings. The van der Waals surface area contributed by atoms with Gasteiger partial charge in [0.1, 0.15) is 5.60 Å². The van der Waals surface area contributed by atoms with Crippen molar-refractivity contribution >= 4 is 6.09 Å². The number of aliphatic hydroxyl groups excluding tert-OH is 1. The molecule has 0 aliphatic carbocycles. The van der Waals surface area contributed by atoms with E-state index in [1.54, 1.807) is 0 Å². The van der Waals surface area contributed by atoms with Gasteiger partial charge in [-0.2, -0.15) is 0 Å². The van der Waals surface area contributed by atoms with E-state index in [9.17, 15) is 4.79 Å². The van der Waals surface area contributed by atoms with Crippen LogP contribution in [0.4, 0.5) is 4.79 Å². The van der Waals surface area contributed by atoms with E-state index in [4.69, 9.17) is 15.6 Å². The second-order valence-electron chi connectivity index (χ2n) is 7.64. The monoisotopic (exact) mass is 300 g/mol. The number of carbonyl (C=O) groups excluding carboxylic acids is 1. The molecule has 0 radical (unpaired) electrons. The van der Waals surface area contributed by atoms with Crippen LogP contribution in [0.15, 0.2) is 0 Å². The van der Waals surface area contributed by atoms with E-state index < -0.39 is 11.1 Å². The summed E-state index contributed by atoms with van der Waals surface area (Å²) in [6, 6.07) is 0. The average Bonchev–Trinajstić information content (AvgIpc) is 2.37. The topological polar surface area (TPSA) is 75.8 Å².